The van der Waals surface area contributed by atoms with Gasteiger partial charge in [0, 0.05) is 30.9 Å². The summed E-state index contributed by atoms with van der Waals surface area (Å²) in [4.78, 5) is 8.77. The summed E-state index contributed by atoms with van der Waals surface area (Å²) in [6, 6.07) is 1.87. The Labute approximate surface area is 126 Å². The molecule has 1 aliphatic carbocycles. The first-order valence-corrected chi connectivity index (χ1v) is 9.36. The molecule has 0 unspecified atom stereocenters. The van der Waals surface area contributed by atoms with Crippen molar-refractivity contribution in [2.24, 2.45) is 0 Å². The summed E-state index contributed by atoms with van der Waals surface area (Å²) in [5.74, 6) is 0.930. The van der Waals surface area contributed by atoms with Crippen molar-refractivity contribution in [1.29, 1.82) is 0 Å². The van der Waals surface area contributed by atoms with Crippen LogP contribution in [0.4, 0.5) is 0 Å². The summed E-state index contributed by atoms with van der Waals surface area (Å²) >= 11 is 0. The van der Waals surface area contributed by atoms with Crippen molar-refractivity contribution in [2.75, 3.05) is 13.1 Å². The first kappa shape index (κ1) is 14.9. The number of nitrogens with zero attached hydrogens (tertiary/aromatic N) is 3. The topological polar surface area (TPSA) is 63.2 Å². The second-order valence-corrected chi connectivity index (χ2v) is 8.42. The molecule has 116 valence electrons. The third-order valence-electron chi connectivity index (χ3n) is 4.66. The highest BCUT2D eigenvalue weighted by molar-refractivity contribution is 7.89. The van der Waals surface area contributed by atoms with Crippen LogP contribution in [0.15, 0.2) is 12.3 Å². The molecule has 1 saturated heterocycles. The molecule has 0 amide bonds. The number of sulfonamides is 1. The third-order valence-corrected chi connectivity index (χ3v) is 7.03. The van der Waals surface area contributed by atoms with Crippen molar-refractivity contribution >= 4 is 10.0 Å². The van der Waals surface area contributed by atoms with Crippen molar-refractivity contribution in [3.8, 4) is 0 Å². The third kappa shape index (κ3) is 3.11. The molecule has 1 aromatic rings. The van der Waals surface area contributed by atoms with Crippen molar-refractivity contribution in [3.05, 3.63) is 23.8 Å². The fraction of sp³-hybridized carbons (Fsp3) is 0.733. The zero-order chi connectivity index (χ0) is 14.9. The predicted octanol–water partition coefficient (Wildman–Crippen LogP) is 2.24. The lowest BCUT2D eigenvalue weighted by Gasteiger charge is -2.26. The SMILES string of the molecule is Cc1ccnc([C@H]2CCN(S(=O)(=O)C3CCCCC3)C2)n1. The lowest BCUT2D eigenvalue weighted by Crippen LogP contribution is -2.38. The highest BCUT2D eigenvalue weighted by atomic mass is 32.2. The zero-order valence-electron chi connectivity index (χ0n) is 12.5. The predicted molar refractivity (Wildman–Crippen MR) is 81.5 cm³/mol. The summed E-state index contributed by atoms with van der Waals surface area (Å²) in [7, 11) is -3.14. The van der Waals surface area contributed by atoms with Crippen LogP contribution in [0.2, 0.25) is 0 Å². The van der Waals surface area contributed by atoms with Gasteiger partial charge in [-0.15, -0.1) is 0 Å². The molecule has 2 aliphatic rings. The summed E-state index contributed by atoms with van der Waals surface area (Å²) in [6.07, 6.45) is 7.50. The Bertz CT molecular complexity index is 597. The van der Waals surface area contributed by atoms with E-state index in [4.69, 9.17) is 0 Å². The maximum Gasteiger partial charge on any atom is 0.217 e. The van der Waals surface area contributed by atoms with Gasteiger partial charge in [0.05, 0.1) is 5.25 Å². The minimum atomic E-state index is -3.14. The molecular formula is C15H23N3O2S. The number of aryl methyl sites for hydroxylation is 1. The van der Waals surface area contributed by atoms with E-state index in [2.05, 4.69) is 9.97 Å². The van der Waals surface area contributed by atoms with Crippen LogP contribution < -0.4 is 0 Å². The van der Waals surface area contributed by atoms with Gasteiger partial charge in [0.1, 0.15) is 5.82 Å². The first-order chi connectivity index (χ1) is 10.1. The molecule has 0 radical (unpaired) electrons. The maximum absolute atomic E-state index is 12.7. The summed E-state index contributed by atoms with van der Waals surface area (Å²) in [6.45, 7) is 3.10. The fourth-order valence-electron chi connectivity index (χ4n) is 3.41. The van der Waals surface area contributed by atoms with Gasteiger partial charge in [0.15, 0.2) is 0 Å². The summed E-state index contributed by atoms with van der Waals surface area (Å²) in [5.41, 5.74) is 0.939. The Kier molecular flexibility index (Phi) is 4.26. The van der Waals surface area contributed by atoms with E-state index < -0.39 is 10.0 Å². The molecule has 0 N–H and O–H groups in total. The molecule has 21 heavy (non-hydrogen) atoms. The minimum absolute atomic E-state index is 0.142. The van der Waals surface area contributed by atoms with Crippen LogP contribution in [0.25, 0.3) is 0 Å². The van der Waals surface area contributed by atoms with E-state index in [0.717, 1.165) is 43.6 Å². The van der Waals surface area contributed by atoms with Crippen LogP contribution in [-0.2, 0) is 10.0 Å². The second kappa shape index (κ2) is 6.01. The van der Waals surface area contributed by atoms with Gasteiger partial charge in [0.25, 0.3) is 0 Å². The zero-order valence-corrected chi connectivity index (χ0v) is 13.3. The van der Waals surface area contributed by atoms with Gasteiger partial charge in [-0.1, -0.05) is 19.3 Å². The minimum Gasteiger partial charge on any atom is -0.241 e. The first-order valence-electron chi connectivity index (χ1n) is 7.86. The van der Waals surface area contributed by atoms with Crippen LogP contribution in [0.5, 0.6) is 0 Å². The van der Waals surface area contributed by atoms with E-state index in [1.54, 1.807) is 10.5 Å². The number of rotatable bonds is 3. The molecule has 0 spiro atoms. The molecule has 1 saturated carbocycles. The van der Waals surface area contributed by atoms with Gasteiger partial charge < -0.3 is 0 Å². The van der Waals surface area contributed by atoms with E-state index in [-0.39, 0.29) is 11.2 Å². The van der Waals surface area contributed by atoms with Gasteiger partial charge in [-0.3, -0.25) is 0 Å². The lowest BCUT2D eigenvalue weighted by molar-refractivity contribution is 0.425. The van der Waals surface area contributed by atoms with Crippen LogP contribution in [0.1, 0.15) is 56.0 Å². The molecule has 5 nitrogen and oxygen atoms in total. The molecule has 6 heteroatoms. The van der Waals surface area contributed by atoms with Crippen LogP contribution in [-0.4, -0.2) is 41.0 Å². The Hall–Kier alpha value is -1.01. The molecule has 2 fully saturated rings. The van der Waals surface area contributed by atoms with Gasteiger partial charge in [-0.25, -0.2) is 22.7 Å². The monoisotopic (exact) mass is 309 g/mol. The van der Waals surface area contributed by atoms with Crippen LogP contribution in [0, 0.1) is 6.92 Å². The van der Waals surface area contributed by atoms with Gasteiger partial charge >= 0.3 is 0 Å². The number of hydrogen-bond donors (Lipinski definition) is 0. The molecule has 3 rings (SSSR count). The van der Waals surface area contributed by atoms with Crippen LogP contribution >= 0.6 is 0 Å². The maximum atomic E-state index is 12.7. The van der Waals surface area contributed by atoms with E-state index >= 15 is 0 Å². The summed E-state index contributed by atoms with van der Waals surface area (Å²) < 4.78 is 27.1. The Morgan fingerprint density at radius 2 is 1.95 bits per heavy atom. The van der Waals surface area contributed by atoms with Crippen molar-refractivity contribution in [2.45, 2.75) is 56.6 Å². The Morgan fingerprint density at radius 3 is 2.67 bits per heavy atom. The van der Waals surface area contributed by atoms with Gasteiger partial charge in [-0.05, 0) is 32.3 Å². The molecule has 1 atom stereocenters. The normalized spacial score (nSPS) is 25.3. The molecule has 1 aliphatic heterocycles. The van der Waals surface area contributed by atoms with Gasteiger partial charge in [-0.2, -0.15) is 0 Å². The average Bonchev–Trinajstić information content (AvgIpc) is 2.99. The quantitative estimate of drug-likeness (QED) is 0.859. The van der Waals surface area contributed by atoms with Crippen LogP contribution in [0.3, 0.4) is 0 Å². The summed E-state index contributed by atoms with van der Waals surface area (Å²) in [5, 5.41) is -0.163. The van der Waals surface area contributed by atoms with Crippen molar-refractivity contribution in [1.82, 2.24) is 14.3 Å². The highest BCUT2D eigenvalue weighted by Gasteiger charge is 2.38. The fourth-order valence-corrected chi connectivity index (χ4v) is 5.51. The average molecular weight is 309 g/mol. The molecule has 0 bridgehead atoms. The smallest absolute Gasteiger partial charge is 0.217 e. The molecule has 0 aromatic carbocycles. The Balaban J connectivity index is 1.71. The highest BCUT2D eigenvalue weighted by Crippen LogP contribution is 2.32. The van der Waals surface area contributed by atoms with Gasteiger partial charge in [0.2, 0.25) is 10.0 Å². The standard InChI is InChI=1S/C15H23N3O2S/c1-12-7-9-16-15(17-12)13-8-10-18(11-13)21(19,20)14-5-3-2-4-6-14/h7,9,13-14H,2-6,8,10-11H2,1H3/t13-/m0/s1. The Morgan fingerprint density at radius 1 is 1.19 bits per heavy atom. The van der Waals surface area contributed by atoms with E-state index in [1.165, 1.54) is 6.42 Å². The lowest BCUT2D eigenvalue weighted by atomic mass is 10.0. The van der Waals surface area contributed by atoms with E-state index in [0.29, 0.717) is 13.1 Å². The largest absolute Gasteiger partial charge is 0.241 e. The van der Waals surface area contributed by atoms with Crippen molar-refractivity contribution < 1.29 is 8.42 Å². The molecule has 2 heterocycles. The van der Waals surface area contributed by atoms with Crippen molar-refractivity contribution in [3.63, 3.8) is 0 Å². The molecular weight excluding hydrogens is 286 g/mol. The molecule has 1 aromatic heterocycles. The number of hydrogen-bond acceptors (Lipinski definition) is 4. The second-order valence-electron chi connectivity index (χ2n) is 6.20. The van der Waals surface area contributed by atoms with E-state index in [9.17, 15) is 8.42 Å². The van der Waals surface area contributed by atoms with E-state index in [1.807, 2.05) is 13.0 Å². The number of aromatic nitrogens is 2.